The van der Waals surface area contributed by atoms with Crippen LogP contribution in [0.5, 0.6) is 0 Å². The summed E-state index contributed by atoms with van der Waals surface area (Å²) in [5.41, 5.74) is 4.00. The first-order valence-electron chi connectivity index (χ1n) is 5.39. The summed E-state index contributed by atoms with van der Waals surface area (Å²) in [6, 6.07) is 6.08. The molecule has 0 amide bonds. The lowest BCUT2D eigenvalue weighted by Crippen LogP contribution is -1.99. The van der Waals surface area contributed by atoms with Crippen LogP contribution in [0.3, 0.4) is 0 Å². The van der Waals surface area contributed by atoms with Crippen molar-refractivity contribution in [3.8, 4) is 5.69 Å². The van der Waals surface area contributed by atoms with Crippen LogP contribution >= 0.6 is 0 Å². The summed E-state index contributed by atoms with van der Waals surface area (Å²) >= 11 is 0. The van der Waals surface area contributed by atoms with Crippen molar-refractivity contribution in [1.82, 2.24) is 9.78 Å². The first kappa shape index (κ1) is 11.4. The van der Waals surface area contributed by atoms with Gasteiger partial charge in [-0.1, -0.05) is 17.7 Å². The van der Waals surface area contributed by atoms with E-state index in [1.807, 2.05) is 26.0 Å². The molecule has 2 rings (SSSR count). The highest BCUT2D eigenvalue weighted by molar-refractivity contribution is 5.69. The van der Waals surface area contributed by atoms with Gasteiger partial charge in [0.25, 0.3) is 0 Å². The minimum atomic E-state index is -0.842. The van der Waals surface area contributed by atoms with Gasteiger partial charge in [-0.15, -0.1) is 0 Å². The van der Waals surface area contributed by atoms with Crippen molar-refractivity contribution in [2.45, 2.75) is 20.3 Å². The maximum absolute atomic E-state index is 10.6. The fourth-order valence-corrected chi connectivity index (χ4v) is 1.82. The summed E-state index contributed by atoms with van der Waals surface area (Å²) in [6.45, 7) is 4.05. The van der Waals surface area contributed by atoms with E-state index < -0.39 is 5.97 Å². The standard InChI is InChI=1S/C13H14N2O2/c1-9-3-4-12(10(2)5-9)15-8-11(7-14-15)6-13(16)17/h3-5,7-8H,6H2,1-2H3,(H,16,17). The van der Waals surface area contributed by atoms with Crippen molar-refractivity contribution in [2.75, 3.05) is 0 Å². The van der Waals surface area contributed by atoms with Gasteiger partial charge in [-0.25, -0.2) is 4.68 Å². The molecule has 2 aromatic rings. The summed E-state index contributed by atoms with van der Waals surface area (Å²) in [7, 11) is 0. The zero-order valence-corrected chi connectivity index (χ0v) is 9.84. The molecular formula is C13H14N2O2. The number of carboxylic acid groups (broad SMARTS) is 1. The van der Waals surface area contributed by atoms with Crippen molar-refractivity contribution < 1.29 is 9.90 Å². The summed E-state index contributed by atoms with van der Waals surface area (Å²) in [6.07, 6.45) is 3.35. The van der Waals surface area contributed by atoms with Crippen molar-refractivity contribution in [1.29, 1.82) is 0 Å². The molecular weight excluding hydrogens is 216 g/mol. The Morgan fingerprint density at radius 3 is 2.82 bits per heavy atom. The predicted molar refractivity (Wildman–Crippen MR) is 64.4 cm³/mol. The van der Waals surface area contributed by atoms with E-state index in [9.17, 15) is 4.79 Å². The number of rotatable bonds is 3. The molecule has 4 nitrogen and oxygen atoms in total. The fourth-order valence-electron chi connectivity index (χ4n) is 1.82. The van der Waals surface area contributed by atoms with E-state index in [4.69, 9.17) is 5.11 Å². The first-order chi connectivity index (χ1) is 8.06. The molecule has 1 heterocycles. The second-order valence-corrected chi connectivity index (χ2v) is 4.15. The van der Waals surface area contributed by atoms with Crippen LogP contribution in [0.15, 0.2) is 30.6 Å². The van der Waals surface area contributed by atoms with Gasteiger partial charge in [0.2, 0.25) is 0 Å². The Morgan fingerprint density at radius 2 is 2.18 bits per heavy atom. The minimum absolute atomic E-state index is 0.00487. The van der Waals surface area contributed by atoms with Crippen LogP contribution in [0.1, 0.15) is 16.7 Å². The van der Waals surface area contributed by atoms with Crippen molar-refractivity contribution in [2.24, 2.45) is 0 Å². The lowest BCUT2D eigenvalue weighted by molar-refractivity contribution is -0.136. The molecule has 0 aliphatic carbocycles. The van der Waals surface area contributed by atoms with E-state index in [2.05, 4.69) is 11.2 Å². The number of benzene rings is 1. The Balaban J connectivity index is 2.33. The highest BCUT2D eigenvalue weighted by Crippen LogP contribution is 2.15. The Hall–Kier alpha value is -2.10. The summed E-state index contributed by atoms with van der Waals surface area (Å²) in [5.74, 6) is -0.842. The van der Waals surface area contributed by atoms with Crippen molar-refractivity contribution in [3.63, 3.8) is 0 Å². The third-order valence-electron chi connectivity index (χ3n) is 2.59. The lowest BCUT2D eigenvalue weighted by atomic mass is 10.1. The molecule has 4 heteroatoms. The highest BCUT2D eigenvalue weighted by atomic mass is 16.4. The van der Waals surface area contributed by atoms with Crippen LogP contribution in [0.25, 0.3) is 5.69 Å². The minimum Gasteiger partial charge on any atom is -0.481 e. The van der Waals surface area contributed by atoms with Gasteiger partial charge in [-0.05, 0) is 25.5 Å². The average molecular weight is 230 g/mol. The number of hydrogen-bond acceptors (Lipinski definition) is 2. The molecule has 0 aliphatic rings. The molecule has 17 heavy (non-hydrogen) atoms. The molecule has 0 radical (unpaired) electrons. The molecule has 0 saturated heterocycles. The largest absolute Gasteiger partial charge is 0.481 e. The second kappa shape index (κ2) is 4.41. The maximum atomic E-state index is 10.6. The zero-order chi connectivity index (χ0) is 12.4. The van der Waals surface area contributed by atoms with Crippen LogP contribution < -0.4 is 0 Å². The normalized spacial score (nSPS) is 10.5. The predicted octanol–water partition coefficient (Wildman–Crippen LogP) is 2.12. The molecule has 1 aromatic heterocycles. The highest BCUT2D eigenvalue weighted by Gasteiger charge is 2.06. The molecule has 0 aliphatic heterocycles. The molecule has 0 spiro atoms. The topological polar surface area (TPSA) is 55.1 Å². The Bertz CT molecular complexity index is 558. The number of hydrogen-bond donors (Lipinski definition) is 1. The first-order valence-corrected chi connectivity index (χ1v) is 5.39. The number of carboxylic acids is 1. The van der Waals surface area contributed by atoms with E-state index in [-0.39, 0.29) is 6.42 Å². The number of aromatic nitrogens is 2. The lowest BCUT2D eigenvalue weighted by Gasteiger charge is -2.06. The van der Waals surface area contributed by atoms with E-state index in [0.717, 1.165) is 11.3 Å². The van der Waals surface area contributed by atoms with Crippen molar-refractivity contribution >= 4 is 5.97 Å². The van der Waals surface area contributed by atoms with Gasteiger partial charge in [0.15, 0.2) is 0 Å². The summed E-state index contributed by atoms with van der Waals surface area (Å²) < 4.78 is 1.72. The number of aryl methyl sites for hydroxylation is 2. The molecule has 0 bridgehead atoms. The third-order valence-corrected chi connectivity index (χ3v) is 2.59. The van der Waals surface area contributed by atoms with Crippen LogP contribution in [0.2, 0.25) is 0 Å². The Morgan fingerprint density at radius 1 is 1.41 bits per heavy atom. The molecule has 0 saturated carbocycles. The SMILES string of the molecule is Cc1ccc(-n2cc(CC(=O)O)cn2)c(C)c1. The zero-order valence-electron chi connectivity index (χ0n) is 9.84. The Kier molecular flexibility index (Phi) is 2.95. The van der Waals surface area contributed by atoms with Crippen LogP contribution in [0, 0.1) is 13.8 Å². The molecule has 88 valence electrons. The quantitative estimate of drug-likeness (QED) is 0.878. The van der Waals surface area contributed by atoms with Gasteiger partial charge in [0, 0.05) is 11.8 Å². The monoisotopic (exact) mass is 230 g/mol. The van der Waals surface area contributed by atoms with E-state index in [1.54, 1.807) is 17.1 Å². The molecule has 0 atom stereocenters. The van der Waals surface area contributed by atoms with Gasteiger partial charge < -0.3 is 5.11 Å². The van der Waals surface area contributed by atoms with Gasteiger partial charge in [0.05, 0.1) is 18.3 Å². The molecule has 1 aromatic carbocycles. The number of carbonyl (C=O) groups is 1. The number of aliphatic carboxylic acids is 1. The van der Waals surface area contributed by atoms with Crippen LogP contribution in [-0.2, 0) is 11.2 Å². The van der Waals surface area contributed by atoms with E-state index >= 15 is 0 Å². The van der Waals surface area contributed by atoms with Crippen molar-refractivity contribution in [3.05, 3.63) is 47.3 Å². The second-order valence-electron chi connectivity index (χ2n) is 4.15. The summed E-state index contributed by atoms with van der Waals surface area (Å²) in [4.78, 5) is 10.6. The van der Waals surface area contributed by atoms with E-state index in [1.165, 1.54) is 5.56 Å². The smallest absolute Gasteiger partial charge is 0.307 e. The molecule has 0 unspecified atom stereocenters. The van der Waals surface area contributed by atoms with E-state index in [0.29, 0.717) is 5.56 Å². The summed E-state index contributed by atoms with van der Waals surface area (Å²) in [5, 5.41) is 12.9. The maximum Gasteiger partial charge on any atom is 0.307 e. The van der Waals surface area contributed by atoms with Gasteiger partial charge in [-0.2, -0.15) is 5.10 Å². The number of nitrogens with zero attached hydrogens (tertiary/aromatic N) is 2. The average Bonchev–Trinajstić information content (AvgIpc) is 2.65. The van der Waals surface area contributed by atoms with Gasteiger partial charge in [0.1, 0.15) is 0 Å². The van der Waals surface area contributed by atoms with Crippen LogP contribution in [-0.4, -0.2) is 20.9 Å². The fraction of sp³-hybridized carbons (Fsp3) is 0.231. The van der Waals surface area contributed by atoms with Crippen LogP contribution in [0.4, 0.5) is 0 Å². The van der Waals surface area contributed by atoms with Gasteiger partial charge >= 0.3 is 5.97 Å². The molecule has 0 fully saturated rings. The van der Waals surface area contributed by atoms with Gasteiger partial charge in [-0.3, -0.25) is 4.79 Å². The Labute approximate surface area is 99.5 Å². The molecule has 1 N–H and O–H groups in total. The third kappa shape index (κ3) is 2.53.